The SMILES string of the molecule is O=C(CCCc1ccc(Cl)cc1)N1CCN(C(=O)c2ccc(F)cc2)CC1. The lowest BCUT2D eigenvalue weighted by Crippen LogP contribution is -2.50. The number of benzene rings is 2. The van der Waals surface area contributed by atoms with Gasteiger partial charge in [0.1, 0.15) is 5.82 Å². The molecule has 1 saturated heterocycles. The van der Waals surface area contributed by atoms with Crippen LogP contribution in [0.15, 0.2) is 48.5 Å². The van der Waals surface area contributed by atoms with Crippen LogP contribution in [-0.4, -0.2) is 47.8 Å². The van der Waals surface area contributed by atoms with Crippen LogP contribution < -0.4 is 0 Å². The van der Waals surface area contributed by atoms with Gasteiger partial charge >= 0.3 is 0 Å². The highest BCUT2D eigenvalue weighted by Crippen LogP contribution is 2.14. The van der Waals surface area contributed by atoms with Gasteiger partial charge in [0, 0.05) is 43.2 Å². The number of rotatable bonds is 5. The third kappa shape index (κ3) is 5.30. The van der Waals surface area contributed by atoms with E-state index in [2.05, 4.69) is 0 Å². The van der Waals surface area contributed by atoms with E-state index in [1.54, 1.807) is 4.90 Å². The van der Waals surface area contributed by atoms with Gasteiger partial charge in [0.05, 0.1) is 0 Å². The number of carbonyl (C=O) groups is 2. The maximum Gasteiger partial charge on any atom is 0.253 e. The quantitative estimate of drug-likeness (QED) is 0.782. The first-order valence-corrected chi connectivity index (χ1v) is 9.48. The van der Waals surface area contributed by atoms with E-state index >= 15 is 0 Å². The summed E-state index contributed by atoms with van der Waals surface area (Å²) in [7, 11) is 0. The largest absolute Gasteiger partial charge is 0.339 e. The van der Waals surface area contributed by atoms with Crippen LogP contribution in [0.1, 0.15) is 28.8 Å². The zero-order valence-corrected chi connectivity index (χ0v) is 15.8. The Morgan fingerprint density at radius 1 is 0.889 bits per heavy atom. The van der Waals surface area contributed by atoms with Crippen LogP contribution >= 0.6 is 11.6 Å². The van der Waals surface area contributed by atoms with Gasteiger partial charge in [-0.1, -0.05) is 23.7 Å². The number of halogens is 2. The number of amides is 2. The lowest BCUT2D eigenvalue weighted by atomic mass is 10.1. The van der Waals surface area contributed by atoms with E-state index < -0.39 is 0 Å². The van der Waals surface area contributed by atoms with Crippen molar-refractivity contribution in [1.29, 1.82) is 0 Å². The molecular weight excluding hydrogens is 367 g/mol. The molecule has 0 aliphatic carbocycles. The molecule has 0 spiro atoms. The Morgan fingerprint density at radius 2 is 1.48 bits per heavy atom. The highest BCUT2D eigenvalue weighted by Gasteiger charge is 2.24. The molecule has 2 amide bonds. The van der Waals surface area contributed by atoms with Gasteiger partial charge < -0.3 is 9.80 Å². The molecule has 3 rings (SSSR count). The molecule has 1 heterocycles. The van der Waals surface area contributed by atoms with Gasteiger partial charge in [0.2, 0.25) is 5.91 Å². The van der Waals surface area contributed by atoms with Crippen molar-refractivity contribution < 1.29 is 14.0 Å². The minimum atomic E-state index is -0.361. The monoisotopic (exact) mass is 388 g/mol. The highest BCUT2D eigenvalue weighted by molar-refractivity contribution is 6.30. The summed E-state index contributed by atoms with van der Waals surface area (Å²) in [6.45, 7) is 2.07. The van der Waals surface area contributed by atoms with Gasteiger partial charge in [0.25, 0.3) is 5.91 Å². The molecule has 0 radical (unpaired) electrons. The summed E-state index contributed by atoms with van der Waals surface area (Å²) in [5.41, 5.74) is 1.64. The van der Waals surface area contributed by atoms with Crippen molar-refractivity contribution in [2.45, 2.75) is 19.3 Å². The summed E-state index contributed by atoms with van der Waals surface area (Å²) in [6, 6.07) is 13.2. The normalized spacial score (nSPS) is 14.3. The summed E-state index contributed by atoms with van der Waals surface area (Å²) in [4.78, 5) is 28.3. The van der Waals surface area contributed by atoms with Crippen LogP contribution in [0, 0.1) is 5.82 Å². The summed E-state index contributed by atoms with van der Waals surface area (Å²) in [5.74, 6) is -0.358. The molecule has 0 atom stereocenters. The van der Waals surface area contributed by atoms with Crippen molar-refractivity contribution in [3.05, 3.63) is 70.5 Å². The number of nitrogens with zero attached hydrogens (tertiary/aromatic N) is 2. The maximum atomic E-state index is 13.0. The minimum Gasteiger partial charge on any atom is -0.339 e. The number of piperazine rings is 1. The van der Waals surface area contributed by atoms with E-state index in [4.69, 9.17) is 11.6 Å². The maximum absolute atomic E-state index is 13.0. The predicted molar refractivity (Wildman–Crippen MR) is 103 cm³/mol. The molecule has 1 fully saturated rings. The van der Waals surface area contributed by atoms with Gasteiger partial charge in [0.15, 0.2) is 0 Å². The van der Waals surface area contributed by atoms with Crippen molar-refractivity contribution in [3.8, 4) is 0 Å². The van der Waals surface area contributed by atoms with E-state index in [1.165, 1.54) is 29.8 Å². The molecule has 2 aromatic rings. The van der Waals surface area contributed by atoms with Gasteiger partial charge in [-0.05, 0) is 54.8 Å². The molecule has 0 aromatic heterocycles. The Morgan fingerprint density at radius 3 is 2.11 bits per heavy atom. The standard InChI is InChI=1S/C21H22ClFN2O2/c22-18-8-4-16(5-9-18)2-1-3-20(26)24-12-14-25(15-13-24)21(27)17-6-10-19(23)11-7-17/h4-11H,1-3,12-15H2. The van der Waals surface area contributed by atoms with Crippen molar-refractivity contribution in [2.75, 3.05) is 26.2 Å². The molecule has 4 nitrogen and oxygen atoms in total. The van der Waals surface area contributed by atoms with E-state index in [0.29, 0.717) is 43.2 Å². The van der Waals surface area contributed by atoms with Crippen molar-refractivity contribution in [2.24, 2.45) is 0 Å². The zero-order valence-electron chi connectivity index (χ0n) is 15.0. The molecule has 0 bridgehead atoms. The Bertz CT molecular complexity index is 785. The van der Waals surface area contributed by atoms with Crippen LogP contribution in [0.4, 0.5) is 4.39 Å². The molecule has 6 heteroatoms. The zero-order chi connectivity index (χ0) is 19.2. The highest BCUT2D eigenvalue weighted by atomic mass is 35.5. The third-order valence-electron chi connectivity index (χ3n) is 4.78. The summed E-state index contributed by atoms with van der Waals surface area (Å²) >= 11 is 5.87. The molecule has 0 saturated carbocycles. The number of carbonyl (C=O) groups excluding carboxylic acids is 2. The van der Waals surface area contributed by atoms with Gasteiger partial charge in [-0.15, -0.1) is 0 Å². The number of hydrogen-bond acceptors (Lipinski definition) is 2. The molecule has 0 N–H and O–H groups in total. The van der Waals surface area contributed by atoms with Crippen LogP contribution in [0.2, 0.25) is 5.02 Å². The van der Waals surface area contributed by atoms with Crippen molar-refractivity contribution in [1.82, 2.24) is 9.80 Å². The second-order valence-corrected chi connectivity index (χ2v) is 7.10. The average molecular weight is 389 g/mol. The lowest BCUT2D eigenvalue weighted by molar-refractivity contribution is -0.132. The molecule has 2 aromatic carbocycles. The summed E-state index contributed by atoms with van der Waals surface area (Å²) < 4.78 is 13.0. The third-order valence-corrected chi connectivity index (χ3v) is 5.03. The van der Waals surface area contributed by atoms with Crippen LogP contribution in [-0.2, 0) is 11.2 Å². The smallest absolute Gasteiger partial charge is 0.253 e. The lowest BCUT2D eigenvalue weighted by Gasteiger charge is -2.35. The Hall–Kier alpha value is -2.40. The number of aryl methyl sites for hydroxylation is 1. The Labute approximate surface area is 163 Å². The molecule has 27 heavy (non-hydrogen) atoms. The minimum absolute atomic E-state index is 0.121. The van der Waals surface area contributed by atoms with Gasteiger partial charge in [-0.3, -0.25) is 9.59 Å². The summed E-state index contributed by atoms with van der Waals surface area (Å²) in [6.07, 6.45) is 2.12. The Kier molecular flexibility index (Phi) is 6.45. The van der Waals surface area contributed by atoms with Crippen molar-refractivity contribution >= 4 is 23.4 Å². The van der Waals surface area contributed by atoms with E-state index in [9.17, 15) is 14.0 Å². The van der Waals surface area contributed by atoms with E-state index in [1.807, 2.05) is 29.2 Å². The molecule has 142 valence electrons. The van der Waals surface area contributed by atoms with Crippen LogP contribution in [0.25, 0.3) is 0 Å². The van der Waals surface area contributed by atoms with E-state index in [0.717, 1.165) is 12.8 Å². The second-order valence-electron chi connectivity index (χ2n) is 6.66. The molecular formula is C21H22ClFN2O2. The first-order valence-electron chi connectivity index (χ1n) is 9.10. The fraction of sp³-hybridized carbons (Fsp3) is 0.333. The number of hydrogen-bond donors (Lipinski definition) is 0. The summed E-state index contributed by atoms with van der Waals surface area (Å²) in [5, 5.41) is 0.711. The average Bonchev–Trinajstić information content (AvgIpc) is 2.69. The molecule has 1 aliphatic rings. The van der Waals surface area contributed by atoms with E-state index in [-0.39, 0.29) is 17.6 Å². The first kappa shape index (κ1) is 19.4. The Balaban J connectivity index is 1.42. The second kappa shape index (κ2) is 9.00. The van der Waals surface area contributed by atoms with Crippen LogP contribution in [0.5, 0.6) is 0 Å². The predicted octanol–water partition coefficient (Wildman–Crippen LogP) is 3.79. The molecule has 0 unspecified atom stereocenters. The van der Waals surface area contributed by atoms with Gasteiger partial charge in [-0.2, -0.15) is 0 Å². The fourth-order valence-corrected chi connectivity index (χ4v) is 3.31. The molecule has 1 aliphatic heterocycles. The topological polar surface area (TPSA) is 40.6 Å². The first-order chi connectivity index (χ1) is 13.0. The fourth-order valence-electron chi connectivity index (χ4n) is 3.19. The van der Waals surface area contributed by atoms with Crippen molar-refractivity contribution in [3.63, 3.8) is 0 Å². The van der Waals surface area contributed by atoms with Gasteiger partial charge in [-0.25, -0.2) is 4.39 Å². The van der Waals surface area contributed by atoms with Crippen LogP contribution in [0.3, 0.4) is 0 Å².